The summed E-state index contributed by atoms with van der Waals surface area (Å²) in [5.74, 6) is -0.0318. The first-order valence-electron chi connectivity index (χ1n) is 10.6. The van der Waals surface area contributed by atoms with Crippen LogP contribution in [-0.2, 0) is 21.3 Å². The lowest BCUT2D eigenvalue weighted by Crippen LogP contribution is -2.48. The summed E-state index contributed by atoms with van der Waals surface area (Å²) in [4.78, 5) is 15.0. The van der Waals surface area contributed by atoms with E-state index in [4.69, 9.17) is 4.74 Å². The lowest BCUT2D eigenvalue weighted by Gasteiger charge is -2.35. The molecule has 1 saturated heterocycles. The number of carbonyl (C=O) groups excluding carboxylic acids is 1. The highest BCUT2D eigenvalue weighted by atomic mass is 32.2. The van der Waals surface area contributed by atoms with Crippen LogP contribution in [0.25, 0.3) is 0 Å². The van der Waals surface area contributed by atoms with Crippen molar-refractivity contribution in [3.05, 3.63) is 63.7 Å². The fourth-order valence-electron chi connectivity index (χ4n) is 4.13. The van der Waals surface area contributed by atoms with E-state index in [2.05, 4.69) is 4.72 Å². The second-order valence-electron chi connectivity index (χ2n) is 8.58. The molecule has 2 atom stereocenters. The molecule has 0 aliphatic carbocycles. The molecule has 2 aromatic carbocycles. The number of hydrogen-bond donors (Lipinski definition) is 1. The molecule has 0 bridgehead atoms. The van der Waals surface area contributed by atoms with Gasteiger partial charge in [-0.2, -0.15) is 0 Å². The number of hydrogen-bond acceptors (Lipinski definition) is 4. The predicted molar refractivity (Wildman–Crippen MR) is 122 cm³/mol. The minimum Gasteiger partial charge on any atom is -0.372 e. The van der Waals surface area contributed by atoms with Crippen LogP contribution < -0.4 is 4.72 Å². The largest absolute Gasteiger partial charge is 0.372 e. The standard InChI is InChI=1S/C24H32N2O4S/c1-15-11-16(2)20(6)23(19(15)5)31(28,29)25-12-21-7-9-22(10-8-21)24(27)26-13-17(3)30-18(4)14-26/h7-11,17-18,25H,12-14H2,1-6H3/t17-,18-/m1/s1. The van der Waals surface area contributed by atoms with Crippen molar-refractivity contribution >= 4 is 15.9 Å². The third-order valence-electron chi connectivity index (χ3n) is 5.94. The van der Waals surface area contributed by atoms with Gasteiger partial charge in [0.2, 0.25) is 10.0 Å². The highest BCUT2D eigenvalue weighted by Gasteiger charge is 2.26. The predicted octanol–water partition coefficient (Wildman–Crippen LogP) is 3.65. The van der Waals surface area contributed by atoms with E-state index in [9.17, 15) is 13.2 Å². The van der Waals surface area contributed by atoms with Crippen molar-refractivity contribution in [3.8, 4) is 0 Å². The van der Waals surface area contributed by atoms with Crippen LogP contribution in [0.3, 0.4) is 0 Å². The van der Waals surface area contributed by atoms with Crippen LogP contribution in [-0.4, -0.2) is 44.5 Å². The second kappa shape index (κ2) is 9.10. The van der Waals surface area contributed by atoms with Crippen molar-refractivity contribution in [3.63, 3.8) is 0 Å². The number of nitrogens with zero attached hydrogens (tertiary/aromatic N) is 1. The Kier molecular flexibility index (Phi) is 6.88. The van der Waals surface area contributed by atoms with Crippen molar-refractivity contribution in [1.29, 1.82) is 0 Å². The van der Waals surface area contributed by atoms with E-state index in [1.807, 2.05) is 52.5 Å². The van der Waals surface area contributed by atoms with E-state index in [0.717, 1.165) is 27.8 Å². The summed E-state index contributed by atoms with van der Waals surface area (Å²) in [7, 11) is -3.66. The number of rotatable bonds is 5. The maximum absolute atomic E-state index is 13.0. The minimum absolute atomic E-state index is 0.0125. The third kappa shape index (κ3) is 5.17. The van der Waals surface area contributed by atoms with E-state index in [0.29, 0.717) is 23.5 Å². The van der Waals surface area contributed by atoms with Crippen LogP contribution >= 0.6 is 0 Å². The summed E-state index contributed by atoms with van der Waals surface area (Å²) in [5, 5.41) is 0. The highest BCUT2D eigenvalue weighted by Crippen LogP contribution is 2.26. The molecule has 7 heteroatoms. The smallest absolute Gasteiger partial charge is 0.254 e. The number of amides is 1. The Hall–Kier alpha value is -2.22. The molecule has 3 rings (SSSR count). The van der Waals surface area contributed by atoms with Gasteiger partial charge in [-0.3, -0.25) is 4.79 Å². The molecule has 1 fully saturated rings. The minimum atomic E-state index is -3.66. The summed E-state index contributed by atoms with van der Waals surface area (Å²) in [6, 6.07) is 9.11. The monoisotopic (exact) mass is 444 g/mol. The summed E-state index contributed by atoms with van der Waals surface area (Å²) in [6.45, 7) is 12.7. The van der Waals surface area contributed by atoms with Crippen LogP contribution in [0.4, 0.5) is 0 Å². The van der Waals surface area contributed by atoms with Gasteiger partial charge in [0, 0.05) is 25.2 Å². The van der Waals surface area contributed by atoms with E-state index in [1.54, 1.807) is 24.3 Å². The summed E-state index contributed by atoms with van der Waals surface area (Å²) < 4.78 is 34.4. The number of benzene rings is 2. The molecule has 168 valence electrons. The number of nitrogens with one attached hydrogen (secondary N) is 1. The molecule has 31 heavy (non-hydrogen) atoms. The highest BCUT2D eigenvalue weighted by molar-refractivity contribution is 7.89. The Morgan fingerprint density at radius 2 is 1.52 bits per heavy atom. The van der Waals surface area contributed by atoms with Gasteiger partial charge in [0.1, 0.15) is 0 Å². The fraction of sp³-hybridized carbons (Fsp3) is 0.458. The first-order chi connectivity index (χ1) is 14.5. The van der Waals surface area contributed by atoms with Gasteiger partial charge < -0.3 is 9.64 Å². The van der Waals surface area contributed by atoms with E-state index in [-0.39, 0.29) is 24.7 Å². The van der Waals surface area contributed by atoms with Crippen molar-refractivity contribution < 1.29 is 17.9 Å². The molecule has 0 saturated carbocycles. The topological polar surface area (TPSA) is 75.7 Å². The van der Waals surface area contributed by atoms with Gasteiger partial charge in [-0.05, 0) is 81.5 Å². The lowest BCUT2D eigenvalue weighted by molar-refractivity contribution is -0.0586. The van der Waals surface area contributed by atoms with Gasteiger partial charge in [0.05, 0.1) is 17.1 Å². The van der Waals surface area contributed by atoms with Crippen LogP contribution in [0.15, 0.2) is 35.2 Å². The van der Waals surface area contributed by atoms with Crippen LogP contribution in [0, 0.1) is 27.7 Å². The summed E-state index contributed by atoms with van der Waals surface area (Å²) in [5.41, 5.74) is 4.84. The summed E-state index contributed by atoms with van der Waals surface area (Å²) >= 11 is 0. The maximum Gasteiger partial charge on any atom is 0.254 e. The zero-order valence-electron chi connectivity index (χ0n) is 19.2. The number of morpholine rings is 1. The van der Waals surface area contributed by atoms with E-state index in [1.165, 1.54) is 0 Å². The number of ether oxygens (including phenoxy) is 1. The van der Waals surface area contributed by atoms with Crippen molar-refractivity contribution in [1.82, 2.24) is 9.62 Å². The van der Waals surface area contributed by atoms with E-state index < -0.39 is 10.0 Å². The van der Waals surface area contributed by atoms with Gasteiger partial charge in [-0.25, -0.2) is 13.1 Å². The van der Waals surface area contributed by atoms with Gasteiger partial charge in [-0.15, -0.1) is 0 Å². The molecule has 0 aromatic heterocycles. The zero-order valence-corrected chi connectivity index (χ0v) is 20.0. The van der Waals surface area contributed by atoms with Crippen molar-refractivity contribution in [2.45, 2.75) is 65.2 Å². The molecule has 1 N–H and O–H groups in total. The number of carbonyl (C=O) groups is 1. The Morgan fingerprint density at radius 3 is 2.03 bits per heavy atom. The van der Waals surface area contributed by atoms with Gasteiger partial charge in [-0.1, -0.05) is 18.2 Å². The summed E-state index contributed by atoms with van der Waals surface area (Å²) in [6.07, 6.45) is 0.0251. The molecule has 0 radical (unpaired) electrons. The number of sulfonamides is 1. The van der Waals surface area contributed by atoms with Crippen LogP contribution in [0.1, 0.15) is 52.0 Å². The third-order valence-corrected chi connectivity index (χ3v) is 7.61. The molecular formula is C24H32N2O4S. The average Bonchev–Trinajstić information content (AvgIpc) is 2.70. The Balaban J connectivity index is 1.72. The van der Waals surface area contributed by atoms with Crippen molar-refractivity contribution in [2.75, 3.05) is 13.1 Å². The lowest BCUT2D eigenvalue weighted by atomic mass is 10.0. The zero-order chi connectivity index (χ0) is 22.9. The molecule has 2 aromatic rings. The molecule has 1 amide bonds. The fourth-order valence-corrected chi connectivity index (χ4v) is 5.75. The maximum atomic E-state index is 13.0. The van der Waals surface area contributed by atoms with Crippen LogP contribution in [0.2, 0.25) is 0 Å². The number of aryl methyl sites for hydroxylation is 2. The Labute approximate surface area is 185 Å². The Morgan fingerprint density at radius 1 is 1.00 bits per heavy atom. The van der Waals surface area contributed by atoms with Gasteiger partial charge in [0.25, 0.3) is 5.91 Å². The molecule has 0 unspecified atom stereocenters. The molecule has 1 aliphatic heterocycles. The van der Waals surface area contributed by atoms with Gasteiger partial charge >= 0.3 is 0 Å². The molecular weight excluding hydrogens is 412 g/mol. The average molecular weight is 445 g/mol. The molecule has 0 spiro atoms. The second-order valence-corrected chi connectivity index (χ2v) is 10.3. The molecule has 1 heterocycles. The molecule has 6 nitrogen and oxygen atoms in total. The van der Waals surface area contributed by atoms with Gasteiger partial charge in [0.15, 0.2) is 0 Å². The van der Waals surface area contributed by atoms with Crippen LogP contribution in [0.5, 0.6) is 0 Å². The quantitative estimate of drug-likeness (QED) is 0.764. The normalized spacial score (nSPS) is 19.5. The van der Waals surface area contributed by atoms with E-state index >= 15 is 0 Å². The Bertz CT molecular complexity index is 1040. The van der Waals surface area contributed by atoms with Crippen molar-refractivity contribution in [2.24, 2.45) is 0 Å². The molecule has 1 aliphatic rings. The SMILES string of the molecule is Cc1cc(C)c(C)c(S(=O)(=O)NCc2ccc(C(=O)N3C[C@@H](C)O[C@H](C)C3)cc2)c1C. The first-order valence-corrected chi connectivity index (χ1v) is 12.1. The first kappa shape index (κ1) is 23.4.